The van der Waals surface area contributed by atoms with E-state index in [1.54, 1.807) is 30.3 Å². The second-order valence-corrected chi connectivity index (χ2v) is 8.23. The van der Waals surface area contributed by atoms with Gasteiger partial charge in [0.25, 0.3) is 0 Å². The maximum atomic E-state index is 12.5. The number of carbonyl (C=O) groups is 1. The van der Waals surface area contributed by atoms with Gasteiger partial charge < -0.3 is 5.11 Å². The van der Waals surface area contributed by atoms with E-state index in [2.05, 4.69) is 0 Å². The standard InChI is InChI=1S/C22H17F3N2O2S/c1-27-11-14(10-13-6-8-15(9-7-13)30-22(23,24)25)20-17(12-27)19(21(28)29)16-4-2-3-5-18(16)26-20/h2-10H,11-12H2,1H3,(H,28,29)/b14-10-. The Morgan fingerprint density at radius 1 is 1.13 bits per heavy atom. The molecule has 0 saturated heterocycles. The summed E-state index contributed by atoms with van der Waals surface area (Å²) in [5, 5.41) is 10.5. The number of pyridine rings is 1. The van der Waals surface area contributed by atoms with Gasteiger partial charge in [-0.3, -0.25) is 4.90 Å². The van der Waals surface area contributed by atoms with Gasteiger partial charge in [0, 0.05) is 28.9 Å². The Labute approximate surface area is 175 Å². The minimum Gasteiger partial charge on any atom is -0.478 e. The molecule has 1 aliphatic heterocycles. The topological polar surface area (TPSA) is 53.4 Å². The van der Waals surface area contributed by atoms with Gasteiger partial charge in [-0.05, 0) is 54.2 Å². The van der Waals surface area contributed by atoms with Crippen molar-refractivity contribution in [1.82, 2.24) is 9.88 Å². The van der Waals surface area contributed by atoms with Crippen molar-refractivity contribution >= 4 is 40.3 Å². The number of thioether (sulfide) groups is 1. The number of aromatic carboxylic acids is 1. The molecule has 8 heteroatoms. The number of nitrogens with zero attached hydrogens (tertiary/aromatic N) is 2. The third-order valence-corrected chi connectivity index (χ3v) is 5.57. The fraction of sp³-hybridized carbons (Fsp3) is 0.182. The number of rotatable bonds is 3. The Bertz CT molecular complexity index is 1160. The molecule has 0 atom stereocenters. The number of benzene rings is 2. The molecule has 0 saturated carbocycles. The summed E-state index contributed by atoms with van der Waals surface area (Å²) in [6, 6.07) is 13.2. The molecule has 0 aliphatic carbocycles. The highest BCUT2D eigenvalue weighted by atomic mass is 32.2. The molecule has 0 spiro atoms. The number of halogens is 3. The van der Waals surface area contributed by atoms with Crippen LogP contribution in [0.2, 0.25) is 0 Å². The van der Waals surface area contributed by atoms with E-state index in [1.807, 2.05) is 24.1 Å². The Kier molecular flexibility index (Phi) is 5.29. The first-order valence-corrected chi connectivity index (χ1v) is 9.93. The van der Waals surface area contributed by atoms with Crippen molar-refractivity contribution in [2.45, 2.75) is 16.9 Å². The van der Waals surface area contributed by atoms with Crippen molar-refractivity contribution in [3.05, 3.63) is 70.9 Å². The van der Waals surface area contributed by atoms with E-state index in [4.69, 9.17) is 4.98 Å². The third-order valence-electron chi connectivity index (χ3n) is 4.83. The van der Waals surface area contributed by atoms with Crippen molar-refractivity contribution in [2.75, 3.05) is 13.6 Å². The van der Waals surface area contributed by atoms with Crippen LogP contribution >= 0.6 is 11.8 Å². The zero-order chi connectivity index (χ0) is 21.5. The number of alkyl halides is 3. The van der Waals surface area contributed by atoms with Gasteiger partial charge in [-0.1, -0.05) is 30.3 Å². The van der Waals surface area contributed by atoms with Crippen molar-refractivity contribution in [3.63, 3.8) is 0 Å². The van der Waals surface area contributed by atoms with Crippen LogP contribution in [0.5, 0.6) is 0 Å². The van der Waals surface area contributed by atoms with E-state index < -0.39 is 11.5 Å². The van der Waals surface area contributed by atoms with Crippen LogP contribution in [-0.4, -0.2) is 40.1 Å². The summed E-state index contributed by atoms with van der Waals surface area (Å²) >= 11 is -0.155. The van der Waals surface area contributed by atoms with Crippen LogP contribution in [0.15, 0.2) is 53.4 Å². The average molecular weight is 430 g/mol. The monoisotopic (exact) mass is 430 g/mol. The number of hydrogen-bond donors (Lipinski definition) is 1. The lowest BCUT2D eigenvalue weighted by Gasteiger charge is -2.28. The highest BCUT2D eigenvalue weighted by Gasteiger charge is 2.29. The summed E-state index contributed by atoms with van der Waals surface area (Å²) in [6.45, 7) is 1.00. The quantitative estimate of drug-likeness (QED) is 0.554. The maximum Gasteiger partial charge on any atom is 0.446 e. The molecule has 154 valence electrons. The first-order chi connectivity index (χ1) is 14.2. The molecular formula is C22H17F3N2O2S. The number of carboxylic acids is 1. The van der Waals surface area contributed by atoms with Gasteiger partial charge in [-0.15, -0.1) is 0 Å². The predicted molar refractivity (Wildman–Crippen MR) is 111 cm³/mol. The molecule has 0 amide bonds. The third kappa shape index (κ3) is 4.20. The second kappa shape index (κ2) is 7.77. The molecular weight excluding hydrogens is 413 g/mol. The van der Waals surface area contributed by atoms with Gasteiger partial charge in [0.05, 0.1) is 16.8 Å². The first-order valence-electron chi connectivity index (χ1n) is 9.11. The van der Waals surface area contributed by atoms with E-state index in [-0.39, 0.29) is 22.2 Å². The second-order valence-electron chi connectivity index (χ2n) is 7.09. The Morgan fingerprint density at radius 2 is 1.83 bits per heavy atom. The number of para-hydroxylation sites is 1. The Morgan fingerprint density at radius 3 is 2.50 bits per heavy atom. The van der Waals surface area contributed by atoms with Crippen LogP contribution in [-0.2, 0) is 6.54 Å². The SMILES string of the molecule is CN1C/C(=C/c2ccc(SC(F)(F)F)cc2)c2nc3ccccc3c(C(=O)O)c2C1. The Balaban J connectivity index is 1.81. The fourth-order valence-corrected chi connectivity index (χ4v) is 4.23. The number of fused-ring (bicyclic) bond motifs is 2. The van der Waals surface area contributed by atoms with Crippen LogP contribution in [0, 0.1) is 0 Å². The van der Waals surface area contributed by atoms with E-state index >= 15 is 0 Å². The summed E-state index contributed by atoms with van der Waals surface area (Å²) < 4.78 is 37.6. The molecule has 0 fully saturated rings. The first kappa shape index (κ1) is 20.4. The summed E-state index contributed by atoms with van der Waals surface area (Å²) in [5.74, 6) is -1.01. The number of aromatic nitrogens is 1. The molecule has 1 aromatic heterocycles. The number of likely N-dealkylation sites (N-methyl/N-ethyl adjacent to an activating group) is 1. The molecule has 1 N–H and O–H groups in total. The number of hydrogen-bond acceptors (Lipinski definition) is 4. The molecule has 1 aliphatic rings. The zero-order valence-corrected chi connectivity index (χ0v) is 16.7. The minimum atomic E-state index is -4.33. The molecule has 0 radical (unpaired) electrons. The van der Waals surface area contributed by atoms with Gasteiger partial charge >= 0.3 is 11.5 Å². The van der Waals surface area contributed by atoms with E-state index in [0.717, 1.165) is 11.1 Å². The minimum absolute atomic E-state index is 0.114. The normalized spacial score (nSPS) is 16.1. The maximum absolute atomic E-state index is 12.5. The van der Waals surface area contributed by atoms with E-state index in [1.165, 1.54) is 12.1 Å². The van der Waals surface area contributed by atoms with E-state index in [0.29, 0.717) is 35.2 Å². The van der Waals surface area contributed by atoms with Crippen LogP contribution in [0.1, 0.15) is 27.2 Å². The van der Waals surface area contributed by atoms with Gasteiger partial charge in [0.1, 0.15) is 0 Å². The van der Waals surface area contributed by atoms with Crippen LogP contribution in [0.3, 0.4) is 0 Å². The lowest BCUT2D eigenvalue weighted by atomic mass is 9.92. The molecule has 3 aromatic rings. The smallest absolute Gasteiger partial charge is 0.446 e. The summed E-state index contributed by atoms with van der Waals surface area (Å²) in [4.78, 5) is 18.9. The fourth-order valence-electron chi connectivity index (χ4n) is 3.69. The van der Waals surface area contributed by atoms with Crippen LogP contribution in [0.4, 0.5) is 13.2 Å². The van der Waals surface area contributed by atoms with Crippen molar-refractivity contribution in [3.8, 4) is 0 Å². The molecule has 30 heavy (non-hydrogen) atoms. The summed E-state index contributed by atoms with van der Waals surface area (Å²) in [5.41, 5.74) is -0.675. The summed E-state index contributed by atoms with van der Waals surface area (Å²) in [7, 11) is 1.89. The number of carboxylic acid groups (broad SMARTS) is 1. The molecule has 0 unspecified atom stereocenters. The van der Waals surface area contributed by atoms with Crippen LogP contribution in [0.25, 0.3) is 22.6 Å². The average Bonchev–Trinajstić information content (AvgIpc) is 2.66. The van der Waals surface area contributed by atoms with Gasteiger partial charge in [0.2, 0.25) is 0 Å². The predicted octanol–water partition coefficient (Wildman–Crippen LogP) is 5.53. The van der Waals surface area contributed by atoms with Crippen molar-refractivity contribution < 1.29 is 23.1 Å². The molecule has 2 heterocycles. The highest BCUT2D eigenvalue weighted by Crippen LogP contribution is 2.37. The molecule has 2 aromatic carbocycles. The zero-order valence-electron chi connectivity index (χ0n) is 15.9. The van der Waals surface area contributed by atoms with Gasteiger partial charge in [-0.25, -0.2) is 9.78 Å². The lowest BCUT2D eigenvalue weighted by Crippen LogP contribution is -2.28. The highest BCUT2D eigenvalue weighted by molar-refractivity contribution is 8.00. The van der Waals surface area contributed by atoms with Crippen molar-refractivity contribution in [1.29, 1.82) is 0 Å². The molecule has 4 rings (SSSR count). The molecule has 4 nitrogen and oxygen atoms in total. The largest absolute Gasteiger partial charge is 0.478 e. The Hall–Kier alpha value is -2.84. The van der Waals surface area contributed by atoms with E-state index in [9.17, 15) is 23.1 Å². The summed E-state index contributed by atoms with van der Waals surface area (Å²) in [6.07, 6.45) is 1.85. The van der Waals surface area contributed by atoms with Crippen LogP contribution < -0.4 is 0 Å². The van der Waals surface area contributed by atoms with Crippen molar-refractivity contribution in [2.24, 2.45) is 0 Å². The lowest BCUT2D eigenvalue weighted by molar-refractivity contribution is -0.0328. The molecule has 0 bridgehead atoms. The van der Waals surface area contributed by atoms with Gasteiger partial charge in [0.15, 0.2) is 0 Å². The van der Waals surface area contributed by atoms with Gasteiger partial charge in [-0.2, -0.15) is 13.2 Å².